The molecular weight excluding hydrogens is 294 g/mol. The Kier molecular flexibility index (Phi) is 4.56. The highest BCUT2D eigenvalue weighted by molar-refractivity contribution is 6.30. The summed E-state index contributed by atoms with van der Waals surface area (Å²) in [6, 6.07) is 16.7. The van der Waals surface area contributed by atoms with Crippen LogP contribution in [-0.4, -0.2) is 9.55 Å². The predicted molar refractivity (Wildman–Crippen MR) is 90.3 cm³/mol. The minimum atomic E-state index is 0.257. The molecule has 22 heavy (non-hydrogen) atoms. The Labute approximate surface area is 135 Å². The number of nitrogens with zero attached hydrogens (tertiary/aromatic N) is 2. The third kappa shape index (κ3) is 3.56. The highest BCUT2D eigenvalue weighted by Crippen LogP contribution is 2.18. The second kappa shape index (κ2) is 6.77. The van der Waals surface area contributed by atoms with Crippen LogP contribution in [0.15, 0.2) is 67.3 Å². The summed E-state index contributed by atoms with van der Waals surface area (Å²) in [4.78, 5) is 4.06. The lowest BCUT2D eigenvalue weighted by Gasteiger charge is -2.15. The van der Waals surface area contributed by atoms with Crippen molar-refractivity contribution in [1.82, 2.24) is 14.9 Å². The Hall–Kier alpha value is -2.10. The van der Waals surface area contributed by atoms with Gasteiger partial charge in [0.05, 0.1) is 6.33 Å². The van der Waals surface area contributed by atoms with Crippen molar-refractivity contribution in [2.75, 3.05) is 0 Å². The predicted octanol–water partition coefficient (Wildman–Crippen LogP) is 4.38. The largest absolute Gasteiger partial charge is 0.306 e. The lowest BCUT2D eigenvalue weighted by atomic mass is 10.1. The van der Waals surface area contributed by atoms with E-state index < -0.39 is 0 Å². The molecule has 1 heterocycles. The number of imidazole rings is 1. The van der Waals surface area contributed by atoms with Crippen LogP contribution >= 0.6 is 11.6 Å². The lowest BCUT2D eigenvalue weighted by Crippen LogP contribution is -2.18. The molecule has 0 spiro atoms. The molecule has 112 valence electrons. The number of halogens is 1. The fraction of sp³-hybridized carbons (Fsp3) is 0.167. The maximum Gasteiger partial charge on any atom is 0.0991 e. The van der Waals surface area contributed by atoms with Crippen molar-refractivity contribution in [3.63, 3.8) is 0 Å². The Morgan fingerprint density at radius 3 is 2.68 bits per heavy atom. The van der Waals surface area contributed by atoms with E-state index in [4.69, 9.17) is 11.6 Å². The van der Waals surface area contributed by atoms with Gasteiger partial charge in [0.1, 0.15) is 0 Å². The monoisotopic (exact) mass is 311 g/mol. The van der Waals surface area contributed by atoms with Gasteiger partial charge in [-0.3, -0.25) is 0 Å². The fourth-order valence-electron chi connectivity index (χ4n) is 2.36. The van der Waals surface area contributed by atoms with Crippen molar-refractivity contribution >= 4 is 11.6 Å². The molecule has 0 amide bonds. The number of benzene rings is 2. The molecule has 0 aliphatic rings. The first kappa shape index (κ1) is 14.8. The number of rotatable bonds is 5. The van der Waals surface area contributed by atoms with E-state index in [0.717, 1.165) is 17.3 Å². The van der Waals surface area contributed by atoms with Crippen LogP contribution < -0.4 is 5.32 Å². The minimum Gasteiger partial charge on any atom is -0.306 e. The molecule has 0 radical (unpaired) electrons. The highest BCUT2D eigenvalue weighted by atomic mass is 35.5. The standard InChI is InChI=1S/C18H18ClN3/c1-14(16-3-2-4-17(19)11-16)21-12-15-5-7-18(8-6-15)22-10-9-20-13-22/h2-11,13-14,21H,12H2,1H3. The molecule has 3 nitrogen and oxygen atoms in total. The van der Waals surface area contributed by atoms with Gasteiger partial charge in [-0.25, -0.2) is 4.98 Å². The maximum absolute atomic E-state index is 6.04. The Balaban J connectivity index is 1.62. The molecule has 0 saturated heterocycles. The average molecular weight is 312 g/mol. The first-order chi connectivity index (χ1) is 10.7. The molecule has 0 aliphatic heterocycles. The summed E-state index contributed by atoms with van der Waals surface area (Å²) in [5.74, 6) is 0. The topological polar surface area (TPSA) is 29.9 Å². The Morgan fingerprint density at radius 1 is 1.18 bits per heavy atom. The van der Waals surface area contributed by atoms with Crippen molar-refractivity contribution < 1.29 is 0 Å². The molecule has 0 saturated carbocycles. The Bertz CT molecular complexity index is 720. The van der Waals surface area contributed by atoms with E-state index in [2.05, 4.69) is 47.6 Å². The van der Waals surface area contributed by atoms with E-state index in [9.17, 15) is 0 Å². The summed E-state index contributed by atoms with van der Waals surface area (Å²) in [6.07, 6.45) is 5.52. The Morgan fingerprint density at radius 2 is 2.00 bits per heavy atom. The number of hydrogen-bond acceptors (Lipinski definition) is 2. The molecular formula is C18H18ClN3. The molecule has 4 heteroatoms. The van der Waals surface area contributed by atoms with Crippen molar-refractivity contribution in [2.24, 2.45) is 0 Å². The smallest absolute Gasteiger partial charge is 0.0991 e. The number of hydrogen-bond donors (Lipinski definition) is 1. The van der Waals surface area contributed by atoms with Gasteiger partial charge in [-0.1, -0.05) is 35.9 Å². The zero-order chi connectivity index (χ0) is 15.4. The van der Waals surface area contributed by atoms with Gasteiger partial charge in [-0.15, -0.1) is 0 Å². The van der Waals surface area contributed by atoms with Crippen LogP contribution in [-0.2, 0) is 6.54 Å². The summed E-state index contributed by atoms with van der Waals surface area (Å²) in [5, 5.41) is 4.29. The average Bonchev–Trinajstić information content (AvgIpc) is 3.07. The van der Waals surface area contributed by atoms with Gasteiger partial charge in [0.25, 0.3) is 0 Å². The van der Waals surface area contributed by atoms with Crippen molar-refractivity contribution in [3.05, 3.63) is 83.4 Å². The molecule has 1 aromatic heterocycles. The van der Waals surface area contributed by atoms with Crippen LogP contribution in [0.3, 0.4) is 0 Å². The summed E-state index contributed by atoms with van der Waals surface area (Å²) < 4.78 is 1.99. The first-order valence-electron chi connectivity index (χ1n) is 7.28. The van der Waals surface area contributed by atoms with Crippen LogP contribution in [0, 0.1) is 0 Å². The normalized spacial score (nSPS) is 12.3. The van der Waals surface area contributed by atoms with Gasteiger partial charge < -0.3 is 9.88 Å². The SMILES string of the molecule is CC(NCc1ccc(-n2ccnc2)cc1)c1cccc(Cl)c1. The second-order valence-corrected chi connectivity index (χ2v) is 5.73. The van der Waals surface area contributed by atoms with Gasteiger partial charge in [-0.05, 0) is 42.3 Å². The van der Waals surface area contributed by atoms with E-state index in [1.54, 1.807) is 12.5 Å². The van der Waals surface area contributed by atoms with Gasteiger partial charge in [0.2, 0.25) is 0 Å². The molecule has 0 aliphatic carbocycles. The van der Waals surface area contributed by atoms with E-state index in [1.165, 1.54) is 11.1 Å². The molecule has 0 fully saturated rings. The van der Waals surface area contributed by atoms with Gasteiger partial charge in [-0.2, -0.15) is 0 Å². The maximum atomic E-state index is 6.04. The summed E-state index contributed by atoms with van der Waals surface area (Å²) in [7, 11) is 0. The zero-order valence-corrected chi connectivity index (χ0v) is 13.2. The van der Waals surface area contributed by atoms with E-state index >= 15 is 0 Å². The summed E-state index contributed by atoms with van der Waals surface area (Å²) >= 11 is 6.04. The van der Waals surface area contributed by atoms with Crippen LogP contribution in [0.2, 0.25) is 5.02 Å². The molecule has 1 unspecified atom stereocenters. The molecule has 0 bridgehead atoms. The molecule has 3 rings (SSSR count). The second-order valence-electron chi connectivity index (χ2n) is 5.29. The minimum absolute atomic E-state index is 0.257. The number of nitrogens with one attached hydrogen (secondary N) is 1. The zero-order valence-electron chi connectivity index (χ0n) is 12.4. The van der Waals surface area contributed by atoms with Crippen LogP contribution in [0.5, 0.6) is 0 Å². The van der Waals surface area contributed by atoms with E-state index in [0.29, 0.717) is 0 Å². The lowest BCUT2D eigenvalue weighted by molar-refractivity contribution is 0.575. The van der Waals surface area contributed by atoms with Gasteiger partial charge in [0.15, 0.2) is 0 Å². The van der Waals surface area contributed by atoms with Crippen molar-refractivity contribution in [3.8, 4) is 5.69 Å². The first-order valence-corrected chi connectivity index (χ1v) is 7.66. The van der Waals surface area contributed by atoms with Crippen LogP contribution in [0.1, 0.15) is 24.1 Å². The van der Waals surface area contributed by atoms with Crippen molar-refractivity contribution in [1.29, 1.82) is 0 Å². The molecule has 2 aromatic carbocycles. The third-order valence-corrected chi connectivity index (χ3v) is 3.94. The van der Waals surface area contributed by atoms with Gasteiger partial charge in [0, 0.05) is 35.7 Å². The van der Waals surface area contributed by atoms with E-state index in [1.807, 2.05) is 29.0 Å². The van der Waals surface area contributed by atoms with Crippen LogP contribution in [0.25, 0.3) is 5.69 Å². The van der Waals surface area contributed by atoms with Gasteiger partial charge >= 0.3 is 0 Å². The third-order valence-electron chi connectivity index (χ3n) is 3.70. The van der Waals surface area contributed by atoms with Crippen molar-refractivity contribution in [2.45, 2.75) is 19.5 Å². The highest BCUT2D eigenvalue weighted by Gasteiger charge is 2.05. The quantitative estimate of drug-likeness (QED) is 0.758. The van der Waals surface area contributed by atoms with Crippen LogP contribution in [0.4, 0.5) is 0 Å². The summed E-state index contributed by atoms with van der Waals surface area (Å²) in [6.45, 7) is 2.96. The molecule has 1 N–H and O–H groups in total. The molecule has 3 aromatic rings. The molecule has 1 atom stereocenters. The number of aromatic nitrogens is 2. The summed E-state index contributed by atoms with van der Waals surface area (Å²) in [5.41, 5.74) is 3.56. The van der Waals surface area contributed by atoms with E-state index in [-0.39, 0.29) is 6.04 Å². The fourth-order valence-corrected chi connectivity index (χ4v) is 2.56.